The minimum Gasteiger partial charge on any atom is -0.322 e. The minimum atomic E-state index is -0.216. The maximum Gasteiger partial charge on any atom is 0.272 e. The van der Waals surface area contributed by atoms with Crippen LogP contribution < -0.4 is 16.2 Å². The van der Waals surface area contributed by atoms with Gasteiger partial charge in [-0.25, -0.2) is 5.10 Å². The molecule has 2 aromatic heterocycles. The Hall–Kier alpha value is -3.78. The van der Waals surface area contributed by atoms with Crippen LogP contribution in [0.5, 0.6) is 0 Å². The molecule has 1 atom stereocenters. The van der Waals surface area contributed by atoms with Crippen LogP contribution in [0.1, 0.15) is 22.8 Å². The lowest BCUT2D eigenvalue weighted by Gasteiger charge is -2.08. The number of benzene rings is 2. The van der Waals surface area contributed by atoms with Crippen molar-refractivity contribution in [3.8, 4) is 11.3 Å². The van der Waals surface area contributed by atoms with E-state index in [1.807, 2.05) is 47.1 Å². The molecular weight excluding hydrogens is 380 g/mol. The molecule has 1 saturated heterocycles. The molecule has 1 fully saturated rings. The minimum absolute atomic E-state index is 0.201. The second-order valence-corrected chi connectivity index (χ2v) is 7.33. The Bertz CT molecular complexity index is 1270. The van der Waals surface area contributed by atoms with Gasteiger partial charge in [0.15, 0.2) is 0 Å². The Balaban J connectivity index is 1.35. The van der Waals surface area contributed by atoms with Crippen molar-refractivity contribution in [2.45, 2.75) is 12.5 Å². The number of hydrogen-bond acceptors (Lipinski definition) is 5. The van der Waals surface area contributed by atoms with Gasteiger partial charge < -0.3 is 10.6 Å². The molecule has 0 saturated carbocycles. The molecule has 8 heteroatoms. The summed E-state index contributed by atoms with van der Waals surface area (Å²) in [7, 11) is 0. The fraction of sp³-hybridized carbons (Fsp3) is 0.182. The number of carbonyl (C=O) groups excluding carboxylic acids is 1. The predicted octanol–water partition coefficient (Wildman–Crippen LogP) is 2.57. The summed E-state index contributed by atoms with van der Waals surface area (Å²) in [5.74, 6) is -0.201. The lowest BCUT2D eigenvalue weighted by Crippen LogP contribution is -2.14. The van der Waals surface area contributed by atoms with Crippen molar-refractivity contribution in [1.82, 2.24) is 25.3 Å². The smallest absolute Gasteiger partial charge is 0.272 e. The molecule has 0 radical (unpaired) electrons. The Labute approximate surface area is 171 Å². The first-order valence-electron chi connectivity index (χ1n) is 9.83. The molecule has 5 rings (SSSR count). The van der Waals surface area contributed by atoms with Gasteiger partial charge in [-0.15, -0.1) is 0 Å². The van der Waals surface area contributed by atoms with Crippen LogP contribution in [0.2, 0.25) is 0 Å². The molecule has 8 nitrogen and oxygen atoms in total. The molecule has 0 bridgehead atoms. The van der Waals surface area contributed by atoms with Crippen molar-refractivity contribution >= 4 is 22.4 Å². The first kappa shape index (κ1) is 18.3. The van der Waals surface area contributed by atoms with Gasteiger partial charge in [0.05, 0.1) is 28.9 Å². The molecule has 1 aliphatic rings. The number of hydrogen-bond donors (Lipinski definition) is 3. The Morgan fingerprint density at radius 2 is 1.90 bits per heavy atom. The maximum absolute atomic E-state index is 12.6. The van der Waals surface area contributed by atoms with Crippen molar-refractivity contribution in [2.24, 2.45) is 0 Å². The van der Waals surface area contributed by atoms with Crippen LogP contribution in [0, 0.1) is 0 Å². The number of fused-ring (bicyclic) bond motifs is 1. The molecule has 2 aromatic carbocycles. The molecule has 0 spiro atoms. The zero-order chi connectivity index (χ0) is 20.5. The van der Waals surface area contributed by atoms with Crippen molar-refractivity contribution in [3.63, 3.8) is 0 Å². The number of aromatic nitrogens is 4. The summed E-state index contributed by atoms with van der Waals surface area (Å²) < 4.78 is 1.85. The van der Waals surface area contributed by atoms with Gasteiger partial charge >= 0.3 is 0 Å². The number of H-pyrrole nitrogens is 1. The standard InChI is InChI=1S/C22H20N6O2/c29-21(15-11-24-28(13-15)17-9-10-23-12-17)25-16-7-5-14(6-8-16)20-18-3-1-2-4-19(18)22(30)27-26-20/h1-8,11,13,17,23H,9-10,12H2,(H,25,29)(H,27,30). The zero-order valence-electron chi connectivity index (χ0n) is 16.1. The van der Waals surface area contributed by atoms with E-state index in [1.54, 1.807) is 18.5 Å². The number of anilines is 1. The monoisotopic (exact) mass is 400 g/mol. The summed E-state index contributed by atoms with van der Waals surface area (Å²) in [6.07, 6.45) is 4.40. The fourth-order valence-corrected chi connectivity index (χ4v) is 3.77. The molecular formula is C22H20N6O2. The fourth-order valence-electron chi connectivity index (χ4n) is 3.77. The Kier molecular flexibility index (Phi) is 4.61. The van der Waals surface area contributed by atoms with Crippen molar-refractivity contribution in [3.05, 3.63) is 76.8 Å². The number of carbonyl (C=O) groups is 1. The van der Waals surface area contributed by atoms with E-state index >= 15 is 0 Å². The highest BCUT2D eigenvalue weighted by Crippen LogP contribution is 2.25. The largest absolute Gasteiger partial charge is 0.322 e. The van der Waals surface area contributed by atoms with Gasteiger partial charge in [0.1, 0.15) is 0 Å². The average Bonchev–Trinajstić information content (AvgIpc) is 3.47. The van der Waals surface area contributed by atoms with E-state index in [9.17, 15) is 9.59 Å². The van der Waals surface area contributed by atoms with Gasteiger partial charge in [0.25, 0.3) is 11.5 Å². The number of amides is 1. The molecule has 1 unspecified atom stereocenters. The lowest BCUT2D eigenvalue weighted by molar-refractivity contribution is 0.102. The summed E-state index contributed by atoms with van der Waals surface area (Å²) in [5.41, 5.74) is 2.52. The molecule has 3 N–H and O–H groups in total. The molecule has 3 heterocycles. The van der Waals surface area contributed by atoms with E-state index in [1.165, 1.54) is 0 Å². The summed E-state index contributed by atoms with van der Waals surface area (Å²) in [4.78, 5) is 24.6. The van der Waals surface area contributed by atoms with Crippen molar-refractivity contribution in [1.29, 1.82) is 0 Å². The van der Waals surface area contributed by atoms with E-state index in [0.29, 0.717) is 28.4 Å². The third kappa shape index (κ3) is 3.37. The third-order valence-electron chi connectivity index (χ3n) is 5.38. The zero-order valence-corrected chi connectivity index (χ0v) is 16.1. The molecule has 1 amide bonds. The van der Waals surface area contributed by atoms with Gasteiger partial charge in [0.2, 0.25) is 0 Å². The van der Waals surface area contributed by atoms with Crippen LogP contribution in [-0.2, 0) is 0 Å². The second-order valence-electron chi connectivity index (χ2n) is 7.33. The topological polar surface area (TPSA) is 105 Å². The summed E-state index contributed by atoms with van der Waals surface area (Å²) in [6.45, 7) is 1.84. The predicted molar refractivity (Wildman–Crippen MR) is 115 cm³/mol. The first-order valence-corrected chi connectivity index (χ1v) is 9.83. The highest BCUT2D eigenvalue weighted by molar-refractivity contribution is 6.04. The number of aromatic amines is 1. The van der Waals surface area contributed by atoms with Gasteiger partial charge in [-0.05, 0) is 31.2 Å². The molecule has 0 aliphatic carbocycles. The van der Waals surface area contributed by atoms with E-state index in [4.69, 9.17) is 0 Å². The van der Waals surface area contributed by atoms with E-state index in [2.05, 4.69) is 25.9 Å². The Morgan fingerprint density at radius 1 is 1.10 bits per heavy atom. The summed E-state index contributed by atoms with van der Waals surface area (Å²) in [6, 6.07) is 15.0. The van der Waals surface area contributed by atoms with Crippen LogP contribution in [0.25, 0.3) is 22.0 Å². The average molecular weight is 400 g/mol. The van der Waals surface area contributed by atoms with Gasteiger partial charge in [0, 0.05) is 29.4 Å². The number of nitrogens with zero attached hydrogens (tertiary/aromatic N) is 3. The maximum atomic E-state index is 12.6. The van der Waals surface area contributed by atoms with Crippen molar-refractivity contribution in [2.75, 3.05) is 18.4 Å². The SMILES string of the molecule is O=C(Nc1ccc(-c2n[nH]c(=O)c3ccccc23)cc1)c1cnn(C2CCNC2)c1. The highest BCUT2D eigenvalue weighted by atomic mass is 16.1. The van der Waals surface area contributed by atoms with Crippen LogP contribution in [-0.4, -0.2) is 39.0 Å². The third-order valence-corrected chi connectivity index (χ3v) is 5.38. The molecule has 1 aliphatic heterocycles. The quantitative estimate of drug-likeness (QED) is 0.488. The van der Waals surface area contributed by atoms with Gasteiger partial charge in [-0.1, -0.05) is 30.3 Å². The lowest BCUT2D eigenvalue weighted by atomic mass is 10.0. The first-order chi connectivity index (χ1) is 14.7. The van der Waals surface area contributed by atoms with Crippen LogP contribution in [0.15, 0.2) is 65.7 Å². The van der Waals surface area contributed by atoms with Crippen LogP contribution in [0.3, 0.4) is 0 Å². The van der Waals surface area contributed by atoms with Gasteiger partial charge in [-0.3, -0.25) is 14.3 Å². The normalized spacial score (nSPS) is 16.1. The highest BCUT2D eigenvalue weighted by Gasteiger charge is 2.18. The summed E-state index contributed by atoms with van der Waals surface area (Å²) >= 11 is 0. The van der Waals surface area contributed by atoms with E-state index < -0.39 is 0 Å². The Morgan fingerprint density at radius 3 is 2.67 bits per heavy atom. The summed E-state index contributed by atoms with van der Waals surface area (Å²) in [5, 5.41) is 18.7. The second kappa shape index (κ2) is 7.57. The van der Waals surface area contributed by atoms with E-state index in [0.717, 1.165) is 30.5 Å². The molecule has 30 heavy (non-hydrogen) atoms. The molecule has 150 valence electrons. The van der Waals surface area contributed by atoms with E-state index in [-0.39, 0.29) is 11.5 Å². The van der Waals surface area contributed by atoms with Crippen LogP contribution in [0.4, 0.5) is 5.69 Å². The molecule has 4 aromatic rings. The van der Waals surface area contributed by atoms with Crippen molar-refractivity contribution < 1.29 is 4.79 Å². The number of rotatable bonds is 4. The van der Waals surface area contributed by atoms with Crippen LogP contribution >= 0.6 is 0 Å². The van der Waals surface area contributed by atoms with Gasteiger partial charge in [-0.2, -0.15) is 10.2 Å². The number of nitrogens with one attached hydrogen (secondary N) is 3.